The molecule has 0 aromatic carbocycles. The summed E-state index contributed by atoms with van der Waals surface area (Å²) in [6.07, 6.45) is 4.57. The van der Waals surface area contributed by atoms with Crippen molar-refractivity contribution in [3.05, 3.63) is 0 Å². The number of likely N-dealkylation sites (N-methyl/N-ethyl adjacent to an activating group) is 1. The first-order chi connectivity index (χ1) is 6.74. The number of nitrogens with one attached hydrogen (secondary N) is 1. The van der Waals surface area contributed by atoms with E-state index >= 15 is 0 Å². The second-order valence-electron chi connectivity index (χ2n) is 4.30. The summed E-state index contributed by atoms with van der Waals surface area (Å²) < 4.78 is 0. The van der Waals surface area contributed by atoms with Gasteiger partial charge in [-0.15, -0.1) is 0 Å². The third-order valence-electron chi connectivity index (χ3n) is 3.06. The van der Waals surface area contributed by atoms with E-state index in [1.807, 2.05) is 0 Å². The molecule has 3 nitrogen and oxygen atoms in total. The van der Waals surface area contributed by atoms with Gasteiger partial charge in [0.05, 0.1) is 12.5 Å². The Kier molecular flexibility index (Phi) is 4.92. The number of hydrogen-bond acceptors (Lipinski definition) is 3. The van der Waals surface area contributed by atoms with E-state index in [0.29, 0.717) is 18.5 Å². The number of piperidine rings is 1. The quantitative estimate of drug-likeness (QED) is 0.736. The second-order valence-corrected chi connectivity index (χ2v) is 4.30. The maximum atomic E-state index is 8.60. The van der Waals surface area contributed by atoms with Crippen LogP contribution >= 0.6 is 0 Å². The van der Waals surface area contributed by atoms with Crippen LogP contribution in [0.25, 0.3) is 0 Å². The van der Waals surface area contributed by atoms with Crippen molar-refractivity contribution in [2.45, 2.75) is 44.7 Å². The lowest BCUT2D eigenvalue weighted by Crippen LogP contribution is -2.44. The van der Waals surface area contributed by atoms with Crippen LogP contribution in [0.5, 0.6) is 0 Å². The monoisotopic (exact) mass is 195 g/mol. The molecular formula is C11H21N3. The molecular weight excluding hydrogens is 174 g/mol. The fourth-order valence-corrected chi connectivity index (χ4v) is 1.90. The van der Waals surface area contributed by atoms with Gasteiger partial charge in [0.1, 0.15) is 0 Å². The largest absolute Gasteiger partial charge is 0.313 e. The third kappa shape index (κ3) is 3.65. The van der Waals surface area contributed by atoms with E-state index in [9.17, 15) is 0 Å². The van der Waals surface area contributed by atoms with Crippen LogP contribution in [0.1, 0.15) is 32.6 Å². The van der Waals surface area contributed by atoms with E-state index in [0.717, 1.165) is 13.1 Å². The van der Waals surface area contributed by atoms with Crippen molar-refractivity contribution in [1.29, 1.82) is 5.26 Å². The average molecular weight is 195 g/mol. The van der Waals surface area contributed by atoms with Crippen molar-refractivity contribution < 1.29 is 0 Å². The average Bonchev–Trinajstić information content (AvgIpc) is 2.19. The van der Waals surface area contributed by atoms with E-state index in [-0.39, 0.29) is 0 Å². The molecule has 2 unspecified atom stereocenters. The zero-order valence-electron chi connectivity index (χ0n) is 9.29. The molecule has 1 N–H and O–H groups in total. The number of rotatable bonds is 4. The van der Waals surface area contributed by atoms with Crippen molar-refractivity contribution in [3.63, 3.8) is 0 Å². The van der Waals surface area contributed by atoms with Crippen molar-refractivity contribution >= 4 is 0 Å². The van der Waals surface area contributed by atoms with E-state index in [1.54, 1.807) is 0 Å². The van der Waals surface area contributed by atoms with Gasteiger partial charge in [-0.2, -0.15) is 5.26 Å². The fourth-order valence-electron chi connectivity index (χ4n) is 1.90. The van der Waals surface area contributed by atoms with Crippen molar-refractivity contribution in [1.82, 2.24) is 10.2 Å². The highest BCUT2D eigenvalue weighted by Gasteiger charge is 2.17. The first kappa shape index (κ1) is 11.5. The summed E-state index contributed by atoms with van der Waals surface area (Å²) in [5.41, 5.74) is 0. The van der Waals surface area contributed by atoms with Gasteiger partial charge >= 0.3 is 0 Å². The smallest absolute Gasteiger partial charge is 0.0638 e. The van der Waals surface area contributed by atoms with E-state index in [4.69, 9.17) is 5.26 Å². The van der Waals surface area contributed by atoms with Crippen LogP contribution in [0.3, 0.4) is 0 Å². The minimum Gasteiger partial charge on any atom is -0.313 e. The topological polar surface area (TPSA) is 39.1 Å². The third-order valence-corrected chi connectivity index (χ3v) is 3.06. The van der Waals surface area contributed by atoms with Gasteiger partial charge < -0.3 is 10.2 Å². The van der Waals surface area contributed by atoms with Crippen molar-refractivity contribution in [3.8, 4) is 6.07 Å². The van der Waals surface area contributed by atoms with E-state index in [1.165, 1.54) is 19.3 Å². The maximum Gasteiger partial charge on any atom is 0.0638 e. The van der Waals surface area contributed by atoms with Gasteiger partial charge in [0.25, 0.3) is 0 Å². The molecule has 1 aliphatic heterocycles. The van der Waals surface area contributed by atoms with Gasteiger partial charge in [-0.25, -0.2) is 0 Å². The number of nitrogens with zero attached hydrogens (tertiary/aromatic N) is 2. The molecule has 1 saturated heterocycles. The summed E-state index contributed by atoms with van der Waals surface area (Å²) in [4.78, 5) is 2.28. The highest BCUT2D eigenvalue weighted by Crippen LogP contribution is 2.09. The Morgan fingerprint density at radius 1 is 1.57 bits per heavy atom. The molecule has 1 aliphatic rings. The highest BCUT2D eigenvalue weighted by molar-refractivity contribution is 4.82. The Bertz CT molecular complexity index is 191. The van der Waals surface area contributed by atoms with Gasteiger partial charge in [0.15, 0.2) is 0 Å². The predicted octanol–water partition coefficient (Wildman–Crippen LogP) is 1.36. The predicted molar refractivity (Wildman–Crippen MR) is 58.0 cm³/mol. The molecule has 14 heavy (non-hydrogen) atoms. The van der Waals surface area contributed by atoms with Crippen LogP contribution in [0.15, 0.2) is 0 Å². The molecule has 3 heteroatoms. The molecule has 0 bridgehead atoms. The minimum absolute atomic E-state index is 0.378. The molecule has 0 aromatic rings. The number of hydrogen-bond donors (Lipinski definition) is 1. The van der Waals surface area contributed by atoms with Crippen LogP contribution in [0, 0.1) is 11.3 Å². The molecule has 0 aliphatic carbocycles. The van der Waals surface area contributed by atoms with Gasteiger partial charge in [0.2, 0.25) is 0 Å². The van der Waals surface area contributed by atoms with Crippen LogP contribution in [-0.4, -0.2) is 37.1 Å². The zero-order chi connectivity index (χ0) is 10.4. The van der Waals surface area contributed by atoms with E-state index in [2.05, 4.69) is 30.3 Å². The maximum absolute atomic E-state index is 8.60. The Hall–Kier alpha value is -0.590. The minimum atomic E-state index is 0.378. The van der Waals surface area contributed by atoms with Gasteiger partial charge in [-0.1, -0.05) is 6.42 Å². The molecule has 1 heterocycles. The summed E-state index contributed by atoms with van der Waals surface area (Å²) in [6.45, 7) is 4.35. The number of nitriles is 1. The van der Waals surface area contributed by atoms with Crippen LogP contribution in [0.4, 0.5) is 0 Å². The molecule has 2 atom stereocenters. The Labute approximate surface area is 87.1 Å². The molecule has 80 valence electrons. The molecule has 0 aromatic heterocycles. The lowest BCUT2D eigenvalue weighted by Gasteiger charge is -2.30. The molecule has 0 saturated carbocycles. The lowest BCUT2D eigenvalue weighted by atomic mass is 10.0. The summed E-state index contributed by atoms with van der Waals surface area (Å²) in [7, 11) is 2.11. The normalized spacial score (nSPS) is 24.6. The summed E-state index contributed by atoms with van der Waals surface area (Å²) >= 11 is 0. The lowest BCUT2D eigenvalue weighted by molar-refractivity contribution is 0.215. The molecule has 1 fully saturated rings. The highest BCUT2D eigenvalue weighted by atomic mass is 15.1. The van der Waals surface area contributed by atoms with E-state index < -0.39 is 0 Å². The summed E-state index contributed by atoms with van der Waals surface area (Å²) in [6, 6.07) is 3.24. The van der Waals surface area contributed by atoms with Crippen LogP contribution in [0.2, 0.25) is 0 Å². The molecule has 0 radical (unpaired) electrons. The van der Waals surface area contributed by atoms with Gasteiger partial charge in [-0.3, -0.25) is 0 Å². The first-order valence-electron chi connectivity index (χ1n) is 5.54. The Morgan fingerprint density at radius 2 is 2.36 bits per heavy atom. The van der Waals surface area contributed by atoms with Gasteiger partial charge in [0, 0.05) is 18.6 Å². The molecule has 0 spiro atoms. The standard InChI is InChI=1S/C11H21N3/c1-10(6-7-12)14(2)9-11-5-3-4-8-13-11/h10-11,13H,3-6,8-9H2,1-2H3. The van der Waals surface area contributed by atoms with Crippen LogP contribution < -0.4 is 5.32 Å². The fraction of sp³-hybridized carbons (Fsp3) is 0.909. The zero-order valence-corrected chi connectivity index (χ0v) is 9.29. The van der Waals surface area contributed by atoms with Crippen molar-refractivity contribution in [2.24, 2.45) is 0 Å². The summed E-state index contributed by atoms with van der Waals surface area (Å²) in [5, 5.41) is 12.1. The Morgan fingerprint density at radius 3 is 2.93 bits per heavy atom. The SMILES string of the molecule is CC(CC#N)N(C)CC1CCCCN1. The van der Waals surface area contributed by atoms with Crippen molar-refractivity contribution in [2.75, 3.05) is 20.1 Å². The second kappa shape index (κ2) is 6.00. The Balaban J connectivity index is 2.24. The molecule has 1 rings (SSSR count). The van der Waals surface area contributed by atoms with Gasteiger partial charge in [-0.05, 0) is 33.4 Å². The first-order valence-corrected chi connectivity index (χ1v) is 5.54. The van der Waals surface area contributed by atoms with Crippen LogP contribution in [-0.2, 0) is 0 Å². The molecule has 0 amide bonds. The summed E-state index contributed by atoms with van der Waals surface area (Å²) in [5.74, 6) is 0.